The molecule has 15 heavy (non-hydrogen) atoms. The second-order valence-corrected chi connectivity index (χ2v) is 3.26. The van der Waals surface area contributed by atoms with Crippen molar-refractivity contribution in [1.29, 1.82) is 0 Å². The largest absolute Gasteiger partial charge is 0.508 e. The van der Waals surface area contributed by atoms with E-state index in [0.29, 0.717) is 11.1 Å². The summed E-state index contributed by atoms with van der Waals surface area (Å²) in [6, 6.07) is 8.20. The van der Waals surface area contributed by atoms with Crippen LogP contribution in [0.4, 0.5) is 11.6 Å². The highest BCUT2D eigenvalue weighted by Gasteiger charge is 1.98. The SMILES string of the molecule is Oc1ccc(Nc2nccc(Cl)n2)cc1. The van der Waals surface area contributed by atoms with Gasteiger partial charge >= 0.3 is 0 Å². The second-order valence-electron chi connectivity index (χ2n) is 2.87. The highest BCUT2D eigenvalue weighted by molar-refractivity contribution is 6.29. The van der Waals surface area contributed by atoms with Crippen molar-refractivity contribution in [3.05, 3.63) is 41.7 Å². The molecule has 0 spiro atoms. The lowest BCUT2D eigenvalue weighted by Crippen LogP contribution is -1.95. The summed E-state index contributed by atoms with van der Waals surface area (Å²) in [6.07, 6.45) is 1.57. The number of hydrogen-bond donors (Lipinski definition) is 2. The van der Waals surface area contributed by atoms with Crippen molar-refractivity contribution in [3.63, 3.8) is 0 Å². The third-order valence-electron chi connectivity index (χ3n) is 1.75. The van der Waals surface area contributed by atoms with Gasteiger partial charge in [-0.3, -0.25) is 0 Å². The number of nitrogens with one attached hydrogen (secondary N) is 1. The van der Waals surface area contributed by atoms with E-state index in [-0.39, 0.29) is 5.75 Å². The summed E-state index contributed by atoms with van der Waals surface area (Å²) >= 11 is 5.71. The summed E-state index contributed by atoms with van der Waals surface area (Å²) in [7, 11) is 0. The molecule has 0 unspecified atom stereocenters. The zero-order chi connectivity index (χ0) is 10.7. The van der Waals surface area contributed by atoms with Crippen LogP contribution in [0.15, 0.2) is 36.5 Å². The molecule has 1 aromatic carbocycles. The molecule has 5 heteroatoms. The Morgan fingerprint density at radius 2 is 1.87 bits per heavy atom. The summed E-state index contributed by atoms with van der Waals surface area (Å²) < 4.78 is 0. The van der Waals surface area contributed by atoms with Gasteiger partial charge < -0.3 is 10.4 Å². The van der Waals surface area contributed by atoms with E-state index < -0.39 is 0 Å². The number of nitrogens with zero attached hydrogens (tertiary/aromatic N) is 2. The molecule has 0 aliphatic rings. The van der Waals surface area contributed by atoms with Crippen molar-refractivity contribution in [3.8, 4) is 5.75 Å². The number of aromatic nitrogens is 2. The Morgan fingerprint density at radius 3 is 2.53 bits per heavy atom. The number of halogens is 1. The summed E-state index contributed by atoms with van der Waals surface area (Å²) in [5.74, 6) is 0.640. The zero-order valence-electron chi connectivity index (χ0n) is 7.68. The number of phenolic OH excluding ortho intramolecular Hbond substituents is 1. The quantitative estimate of drug-likeness (QED) is 0.605. The van der Waals surface area contributed by atoms with Gasteiger partial charge in [-0.05, 0) is 30.3 Å². The van der Waals surface area contributed by atoms with E-state index in [1.54, 1.807) is 36.5 Å². The molecular formula is C10H8ClN3O. The standard InChI is InChI=1S/C10H8ClN3O/c11-9-5-6-12-10(14-9)13-7-1-3-8(15)4-2-7/h1-6,15H,(H,12,13,14). The summed E-state index contributed by atoms with van der Waals surface area (Å²) in [5, 5.41) is 12.4. The van der Waals surface area contributed by atoms with Gasteiger partial charge in [0.1, 0.15) is 10.9 Å². The van der Waals surface area contributed by atoms with Crippen LogP contribution in [0.2, 0.25) is 5.15 Å². The van der Waals surface area contributed by atoms with Crippen molar-refractivity contribution < 1.29 is 5.11 Å². The number of rotatable bonds is 2. The van der Waals surface area contributed by atoms with Crippen LogP contribution in [-0.4, -0.2) is 15.1 Å². The van der Waals surface area contributed by atoms with Crippen molar-refractivity contribution >= 4 is 23.2 Å². The van der Waals surface area contributed by atoms with Crippen LogP contribution >= 0.6 is 11.6 Å². The van der Waals surface area contributed by atoms with Crippen molar-refractivity contribution in [1.82, 2.24) is 9.97 Å². The predicted octanol–water partition coefficient (Wildman–Crippen LogP) is 2.58. The van der Waals surface area contributed by atoms with E-state index in [2.05, 4.69) is 15.3 Å². The molecule has 0 radical (unpaired) electrons. The van der Waals surface area contributed by atoms with Gasteiger partial charge in [0, 0.05) is 11.9 Å². The van der Waals surface area contributed by atoms with Gasteiger partial charge in [-0.1, -0.05) is 11.6 Å². The van der Waals surface area contributed by atoms with E-state index in [1.807, 2.05) is 0 Å². The van der Waals surface area contributed by atoms with Crippen LogP contribution in [0.5, 0.6) is 5.75 Å². The van der Waals surface area contributed by atoms with Gasteiger partial charge in [0.15, 0.2) is 0 Å². The van der Waals surface area contributed by atoms with Gasteiger partial charge in [-0.25, -0.2) is 9.97 Å². The lowest BCUT2D eigenvalue weighted by Gasteiger charge is -2.03. The molecule has 4 nitrogen and oxygen atoms in total. The van der Waals surface area contributed by atoms with E-state index in [0.717, 1.165) is 5.69 Å². The van der Waals surface area contributed by atoms with Gasteiger partial charge in [0.2, 0.25) is 5.95 Å². The molecule has 2 N–H and O–H groups in total. The number of benzene rings is 1. The molecule has 2 aromatic rings. The molecule has 0 bridgehead atoms. The van der Waals surface area contributed by atoms with Crippen LogP contribution in [0.1, 0.15) is 0 Å². The first-order valence-electron chi connectivity index (χ1n) is 4.28. The maximum Gasteiger partial charge on any atom is 0.228 e. The summed E-state index contributed by atoms with van der Waals surface area (Å²) in [6.45, 7) is 0. The molecule has 0 atom stereocenters. The molecular weight excluding hydrogens is 214 g/mol. The minimum absolute atomic E-state index is 0.215. The minimum atomic E-state index is 0.215. The molecule has 0 saturated heterocycles. The normalized spacial score (nSPS) is 9.93. The first kappa shape index (κ1) is 9.73. The second kappa shape index (κ2) is 4.14. The first-order valence-corrected chi connectivity index (χ1v) is 4.66. The van der Waals surface area contributed by atoms with E-state index in [4.69, 9.17) is 16.7 Å². The van der Waals surface area contributed by atoms with Crippen LogP contribution < -0.4 is 5.32 Å². The Bertz CT molecular complexity index is 458. The molecule has 0 saturated carbocycles. The van der Waals surface area contributed by atoms with E-state index in [1.165, 1.54) is 0 Å². The highest BCUT2D eigenvalue weighted by atomic mass is 35.5. The molecule has 0 aliphatic carbocycles. The summed E-state index contributed by atoms with van der Waals surface area (Å²) in [4.78, 5) is 7.96. The van der Waals surface area contributed by atoms with Crippen LogP contribution in [0, 0.1) is 0 Å². The Morgan fingerprint density at radius 1 is 1.13 bits per heavy atom. The van der Waals surface area contributed by atoms with Gasteiger partial charge in [-0.15, -0.1) is 0 Å². The molecule has 1 aromatic heterocycles. The van der Waals surface area contributed by atoms with Crippen LogP contribution in [0.25, 0.3) is 0 Å². The fraction of sp³-hybridized carbons (Fsp3) is 0. The number of anilines is 2. The number of phenols is 1. The molecule has 0 aliphatic heterocycles. The Balaban J connectivity index is 2.18. The minimum Gasteiger partial charge on any atom is -0.508 e. The van der Waals surface area contributed by atoms with E-state index in [9.17, 15) is 0 Å². The number of hydrogen-bond acceptors (Lipinski definition) is 4. The van der Waals surface area contributed by atoms with Crippen molar-refractivity contribution in [2.24, 2.45) is 0 Å². The Hall–Kier alpha value is -1.81. The smallest absolute Gasteiger partial charge is 0.228 e. The monoisotopic (exact) mass is 221 g/mol. The molecule has 0 amide bonds. The van der Waals surface area contributed by atoms with Gasteiger partial charge in [0.05, 0.1) is 0 Å². The third kappa shape index (κ3) is 2.57. The van der Waals surface area contributed by atoms with Gasteiger partial charge in [0.25, 0.3) is 0 Å². The number of aromatic hydroxyl groups is 1. The van der Waals surface area contributed by atoms with Crippen LogP contribution in [0.3, 0.4) is 0 Å². The maximum atomic E-state index is 9.09. The fourth-order valence-electron chi connectivity index (χ4n) is 1.07. The van der Waals surface area contributed by atoms with Crippen LogP contribution in [-0.2, 0) is 0 Å². The lowest BCUT2D eigenvalue weighted by atomic mass is 10.3. The fourth-order valence-corrected chi connectivity index (χ4v) is 1.21. The Kier molecular flexibility index (Phi) is 2.69. The lowest BCUT2D eigenvalue weighted by molar-refractivity contribution is 0.475. The van der Waals surface area contributed by atoms with Crippen molar-refractivity contribution in [2.75, 3.05) is 5.32 Å². The molecule has 2 rings (SSSR count). The zero-order valence-corrected chi connectivity index (χ0v) is 8.44. The molecule has 0 fully saturated rings. The van der Waals surface area contributed by atoms with Crippen molar-refractivity contribution in [2.45, 2.75) is 0 Å². The van der Waals surface area contributed by atoms with E-state index >= 15 is 0 Å². The molecule has 1 heterocycles. The maximum absolute atomic E-state index is 9.09. The third-order valence-corrected chi connectivity index (χ3v) is 1.96. The summed E-state index contributed by atoms with van der Waals surface area (Å²) in [5.41, 5.74) is 0.787. The average Bonchev–Trinajstić information content (AvgIpc) is 2.22. The predicted molar refractivity (Wildman–Crippen MR) is 58.4 cm³/mol. The van der Waals surface area contributed by atoms with Gasteiger partial charge in [-0.2, -0.15) is 0 Å². The topological polar surface area (TPSA) is 58.0 Å². The Labute approximate surface area is 91.6 Å². The average molecular weight is 222 g/mol. The first-order chi connectivity index (χ1) is 7.24. The molecule has 76 valence electrons. The highest BCUT2D eigenvalue weighted by Crippen LogP contribution is 2.17.